The van der Waals surface area contributed by atoms with Gasteiger partial charge in [0.1, 0.15) is 5.82 Å². The van der Waals surface area contributed by atoms with E-state index in [0.29, 0.717) is 18.7 Å². The Morgan fingerprint density at radius 1 is 1.27 bits per heavy atom. The summed E-state index contributed by atoms with van der Waals surface area (Å²) in [7, 11) is 0. The van der Waals surface area contributed by atoms with Gasteiger partial charge in [-0.05, 0) is 31.5 Å². The molecule has 2 N–H and O–H groups in total. The molecule has 2 aromatic rings. The van der Waals surface area contributed by atoms with Crippen molar-refractivity contribution in [3.05, 3.63) is 59.7 Å². The molecule has 0 fully saturated rings. The normalized spacial score (nSPS) is 12.0. The van der Waals surface area contributed by atoms with Crippen molar-refractivity contribution in [1.82, 2.24) is 15.2 Å². The maximum absolute atomic E-state index is 13.7. The molecule has 2 rings (SSSR count). The first kappa shape index (κ1) is 16.1. The van der Waals surface area contributed by atoms with Gasteiger partial charge in [-0.2, -0.15) is 0 Å². The molecule has 0 saturated heterocycles. The second-order valence-corrected chi connectivity index (χ2v) is 5.36. The third-order valence-corrected chi connectivity index (χ3v) is 3.64. The minimum absolute atomic E-state index is 0.144. The van der Waals surface area contributed by atoms with Gasteiger partial charge in [-0.25, -0.2) is 9.18 Å². The second-order valence-electron chi connectivity index (χ2n) is 5.36. The van der Waals surface area contributed by atoms with Crippen LogP contribution in [-0.2, 0) is 13.1 Å². The van der Waals surface area contributed by atoms with E-state index in [1.807, 2.05) is 42.8 Å². The van der Waals surface area contributed by atoms with E-state index in [9.17, 15) is 9.18 Å². The van der Waals surface area contributed by atoms with Gasteiger partial charge >= 0.3 is 6.03 Å². The molecule has 1 aromatic heterocycles. The molecule has 5 heteroatoms. The van der Waals surface area contributed by atoms with Gasteiger partial charge in [0.05, 0.1) is 13.1 Å². The maximum atomic E-state index is 13.7. The number of amides is 2. The largest absolute Gasteiger partial charge is 0.345 e. The van der Waals surface area contributed by atoms with Crippen molar-refractivity contribution in [3.63, 3.8) is 0 Å². The number of nitrogens with one attached hydrogen (secondary N) is 2. The Morgan fingerprint density at radius 3 is 2.77 bits per heavy atom. The first-order valence-corrected chi connectivity index (χ1v) is 7.52. The van der Waals surface area contributed by atoms with Gasteiger partial charge in [-0.15, -0.1) is 0 Å². The van der Waals surface area contributed by atoms with Crippen LogP contribution in [0.25, 0.3) is 0 Å². The van der Waals surface area contributed by atoms with Crippen molar-refractivity contribution in [2.75, 3.05) is 0 Å². The lowest BCUT2D eigenvalue weighted by Gasteiger charge is -2.14. The molecule has 0 saturated carbocycles. The van der Waals surface area contributed by atoms with Gasteiger partial charge in [-0.3, -0.25) is 0 Å². The van der Waals surface area contributed by atoms with Gasteiger partial charge in [0, 0.05) is 23.5 Å². The molecule has 22 heavy (non-hydrogen) atoms. The van der Waals surface area contributed by atoms with Gasteiger partial charge in [0.15, 0.2) is 0 Å². The molecule has 118 valence electrons. The van der Waals surface area contributed by atoms with E-state index in [1.54, 1.807) is 12.1 Å². The Kier molecular flexibility index (Phi) is 5.58. The monoisotopic (exact) mass is 303 g/mol. The van der Waals surface area contributed by atoms with Crippen molar-refractivity contribution < 1.29 is 9.18 Å². The van der Waals surface area contributed by atoms with Gasteiger partial charge in [0.25, 0.3) is 0 Å². The van der Waals surface area contributed by atoms with Crippen LogP contribution in [0.3, 0.4) is 0 Å². The maximum Gasteiger partial charge on any atom is 0.315 e. The summed E-state index contributed by atoms with van der Waals surface area (Å²) < 4.78 is 15.6. The molecule has 1 aromatic carbocycles. The highest BCUT2D eigenvalue weighted by atomic mass is 19.1. The zero-order chi connectivity index (χ0) is 15.9. The summed E-state index contributed by atoms with van der Waals surface area (Å²) in [5.41, 5.74) is 1.56. The SMILES string of the molecule is CC[C@H](C)NC(=O)NCc1cccn1Cc1ccccc1F. The fourth-order valence-electron chi connectivity index (χ4n) is 2.12. The summed E-state index contributed by atoms with van der Waals surface area (Å²) in [6.45, 7) is 4.83. The Balaban J connectivity index is 1.95. The van der Waals surface area contributed by atoms with Crippen LogP contribution in [-0.4, -0.2) is 16.6 Å². The lowest BCUT2D eigenvalue weighted by molar-refractivity contribution is 0.237. The standard InChI is InChI=1S/C17H22FN3O/c1-3-13(2)20-17(22)19-11-15-8-6-10-21(15)12-14-7-4-5-9-16(14)18/h4-10,13H,3,11-12H2,1-2H3,(H2,19,20,22)/t13-/m0/s1. The summed E-state index contributed by atoms with van der Waals surface area (Å²) in [6, 6.07) is 10.5. The van der Waals surface area contributed by atoms with E-state index in [0.717, 1.165) is 12.1 Å². The quantitative estimate of drug-likeness (QED) is 0.845. The molecule has 0 spiro atoms. The number of benzene rings is 1. The van der Waals surface area contributed by atoms with E-state index in [2.05, 4.69) is 10.6 Å². The fraction of sp³-hybridized carbons (Fsp3) is 0.353. The van der Waals surface area contributed by atoms with Gasteiger partial charge in [0.2, 0.25) is 0 Å². The number of rotatable bonds is 6. The number of aromatic nitrogens is 1. The van der Waals surface area contributed by atoms with Crippen LogP contribution in [0.5, 0.6) is 0 Å². The van der Waals surface area contributed by atoms with Gasteiger partial charge in [-0.1, -0.05) is 25.1 Å². The zero-order valence-electron chi connectivity index (χ0n) is 13.0. The summed E-state index contributed by atoms with van der Waals surface area (Å²) in [5, 5.41) is 5.68. The Hall–Kier alpha value is -2.30. The van der Waals surface area contributed by atoms with Crippen LogP contribution >= 0.6 is 0 Å². The topological polar surface area (TPSA) is 46.1 Å². The van der Waals surface area contributed by atoms with Gasteiger partial charge < -0.3 is 15.2 Å². The lowest BCUT2D eigenvalue weighted by Crippen LogP contribution is -2.40. The summed E-state index contributed by atoms with van der Waals surface area (Å²) in [5.74, 6) is -0.218. The number of nitrogens with zero attached hydrogens (tertiary/aromatic N) is 1. The highest BCUT2D eigenvalue weighted by molar-refractivity contribution is 5.74. The predicted molar refractivity (Wildman–Crippen MR) is 85.1 cm³/mol. The molecule has 4 nitrogen and oxygen atoms in total. The molecular formula is C17H22FN3O. The van der Waals surface area contributed by atoms with Crippen LogP contribution < -0.4 is 10.6 Å². The minimum Gasteiger partial charge on any atom is -0.345 e. The molecule has 1 heterocycles. The van der Waals surface area contributed by atoms with Crippen LogP contribution in [0.1, 0.15) is 31.5 Å². The third-order valence-electron chi connectivity index (χ3n) is 3.64. The van der Waals surface area contributed by atoms with E-state index in [4.69, 9.17) is 0 Å². The number of hydrogen-bond acceptors (Lipinski definition) is 1. The smallest absolute Gasteiger partial charge is 0.315 e. The highest BCUT2D eigenvalue weighted by Crippen LogP contribution is 2.11. The second kappa shape index (κ2) is 7.64. The van der Waals surface area contributed by atoms with Crippen molar-refractivity contribution in [2.24, 2.45) is 0 Å². The first-order chi connectivity index (χ1) is 10.6. The summed E-state index contributed by atoms with van der Waals surface area (Å²) in [6.07, 6.45) is 2.77. The van der Waals surface area contributed by atoms with Crippen LogP contribution in [0, 0.1) is 5.82 Å². The molecular weight excluding hydrogens is 281 g/mol. The third kappa shape index (κ3) is 4.35. The van der Waals surface area contributed by atoms with E-state index in [1.165, 1.54) is 6.07 Å². The van der Waals surface area contributed by atoms with E-state index < -0.39 is 0 Å². The summed E-state index contributed by atoms with van der Waals surface area (Å²) >= 11 is 0. The zero-order valence-corrected chi connectivity index (χ0v) is 13.0. The van der Waals surface area contributed by atoms with Crippen molar-refractivity contribution in [3.8, 4) is 0 Å². The molecule has 2 amide bonds. The minimum atomic E-state index is -0.218. The van der Waals surface area contributed by atoms with Crippen LogP contribution in [0.4, 0.5) is 9.18 Å². The average Bonchev–Trinajstić information content (AvgIpc) is 2.94. The lowest BCUT2D eigenvalue weighted by atomic mass is 10.2. The Morgan fingerprint density at radius 2 is 2.05 bits per heavy atom. The van der Waals surface area contributed by atoms with Crippen molar-refractivity contribution >= 4 is 6.03 Å². The van der Waals surface area contributed by atoms with Crippen LogP contribution in [0.2, 0.25) is 0 Å². The molecule has 0 radical (unpaired) electrons. The Bertz CT molecular complexity index is 624. The molecule has 0 unspecified atom stereocenters. The first-order valence-electron chi connectivity index (χ1n) is 7.52. The number of carbonyl (C=O) groups excluding carboxylic acids is 1. The van der Waals surface area contributed by atoms with Crippen LogP contribution in [0.15, 0.2) is 42.6 Å². The van der Waals surface area contributed by atoms with E-state index in [-0.39, 0.29) is 17.9 Å². The number of carbonyl (C=O) groups is 1. The van der Waals surface area contributed by atoms with Crippen molar-refractivity contribution in [1.29, 1.82) is 0 Å². The molecule has 1 atom stereocenters. The number of halogens is 1. The number of urea groups is 1. The average molecular weight is 303 g/mol. The van der Waals surface area contributed by atoms with Crippen molar-refractivity contribution in [2.45, 2.75) is 39.4 Å². The predicted octanol–water partition coefficient (Wildman–Crippen LogP) is 3.27. The highest BCUT2D eigenvalue weighted by Gasteiger charge is 2.08. The fourth-order valence-corrected chi connectivity index (χ4v) is 2.12. The molecule has 0 aliphatic heterocycles. The Labute approximate surface area is 130 Å². The number of hydrogen-bond donors (Lipinski definition) is 2. The molecule has 0 bridgehead atoms. The molecule has 0 aliphatic carbocycles. The summed E-state index contributed by atoms with van der Waals surface area (Å²) in [4.78, 5) is 11.7. The van der Waals surface area contributed by atoms with E-state index >= 15 is 0 Å². The molecule has 0 aliphatic rings.